The van der Waals surface area contributed by atoms with Crippen LogP contribution in [0.4, 0.5) is 13.2 Å². The Morgan fingerprint density at radius 2 is 1.82 bits per heavy atom. The van der Waals surface area contributed by atoms with Crippen molar-refractivity contribution >= 4 is 29.3 Å². The van der Waals surface area contributed by atoms with E-state index in [-0.39, 0.29) is 35.7 Å². The third-order valence-electron chi connectivity index (χ3n) is 5.50. The van der Waals surface area contributed by atoms with Gasteiger partial charge < -0.3 is 5.32 Å². The monoisotopic (exact) mass is 482 g/mol. The third-order valence-corrected chi connectivity index (χ3v) is 5.81. The fourth-order valence-corrected chi connectivity index (χ4v) is 3.82. The molecule has 1 atom stereocenters. The van der Waals surface area contributed by atoms with Gasteiger partial charge in [-0.1, -0.05) is 11.6 Å². The predicted octanol–water partition coefficient (Wildman–Crippen LogP) is 3.50. The van der Waals surface area contributed by atoms with Crippen molar-refractivity contribution in [2.75, 3.05) is 0 Å². The van der Waals surface area contributed by atoms with Crippen LogP contribution in [0.25, 0.3) is 0 Å². The molecule has 1 aromatic heterocycles. The number of carbonyl (C=O) groups is 3. The fraction of sp³-hybridized carbons (Fsp3) is 0.409. The van der Waals surface area contributed by atoms with Crippen molar-refractivity contribution in [3.05, 3.63) is 57.6 Å². The number of halogens is 4. The van der Waals surface area contributed by atoms with Crippen LogP contribution in [0, 0.1) is 5.82 Å². The number of imide groups is 1. The summed E-state index contributed by atoms with van der Waals surface area (Å²) in [4.78, 5) is 36.1. The number of benzene rings is 1. The van der Waals surface area contributed by atoms with Crippen LogP contribution in [0.15, 0.2) is 24.3 Å². The number of aromatic nitrogens is 2. The summed E-state index contributed by atoms with van der Waals surface area (Å²) in [6, 6.07) is 5.02. The lowest BCUT2D eigenvalue weighted by Crippen LogP contribution is -2.40. The number of piperidine rings is 1. The number of nitrogens with one attached hydrogen (secondary N) is 2. The van der Waals surface area contributed by atoms with E-state index in [0.717, 1.165) is 12.1 Å². The van der Waals surface area contributed by atoms with Crippen molar-refractivity contribution in [2.24, 2.45) is 0 Å². The Labute approximate surface area is 193 Å². The molecule has 2 heterocycles. The number of rotatable bonds is 6. The maximum Gasteiger partial charge on any atom is 0.288 e. The zero-order valence-corrected chi connectivity index (χ0v) is 18.9. The second-order valence-corrected chi connectivity index (χ2v) is 8.88. The molecule has 11 heteroatoms. The largest absolute Gasteiger partial charge is 0.351 e. The average Bonchev–Trinajstić information content (AvgIpc) is 2.72. The molecule has 1 aliphatic rings. The first kappa shape index (κ1) is 24.6. The zero-order chi connectivity index (χ0) is 24.6. The third kappa shape index (κ3) is 5.32. The smallest absolute Gasteiger partial charge is 0.288 e. The van der Waals surface area contributed by atoms with Gasteiger partial charge in [0.25, 0.3) is 5.92 Å². The molecule has 0 radical (unpaired) electrons. The van der Waals surface area contributed by atoms with Gasteiger partial charge in [0.05, 0.1) is 17.0 Å². The SMILES string of the molecule is CC(F)(F)c1ccc(C(C)(C)C(=O)NCc2cc(F)c(C3CCC(=O)NC3=O)c(Cl)c2)nn1. The number of nitrogens with zero attached hydrogens (tertiary/aromatic N) is 2. The van der Waals surface area contributed by atoms with Crippen LogP contribution in [0.3, 0.4) is 0 Å². The first-order valence-corrected chi connectivity index (χ1v) is 10.5. The predicted molar refractivity (Wildman–Crippen MR) is 113 cm³/mol. The fourth-order valence-electron chi connectivity index (χ4n) is 3.46. The van der Waals surface area contributed by atoms with Crippen LogP contribution in [0.1, 0.15) is 62.0 Å². The van der Waals surface area contributed by atoms with E-state index in [4.69, 9.17) is 11.6 Å². The molecular weight excluding hydrogens is 461 g/mol. The van der Waals surface area contributed by atoms with E-state index in [2.05, 4.69) is 20.8 Å². The molecule has 2 aromatic rings. The van der Waals surface area contributed by atoms with Crippen molar-refractivity contribution in [2.45, 2.75) is 57.4 Å². The average molecular weight is 483 g/mol. The van der Waals surface area contributed by atoms with E-state index in [9.17, 15) is 27.6 Å². The van der Waals surface area contributed by atoms with Crippen molar-refractivity contribution in [1.29, 1.82) is 0 Å². The minimum absolute atomic E-state index is 0.000151. The zero-order valence-electron chi connectivity index (χ0n) is 18.1. The second-order valence-electron chi connectivity index (χ2n) is 8.48. The minimum Gasteiger partial charge on any atom is -0.351 e. The summed E-state index contributed by atoms with van der Waals surface area (Å²) in [7, 11) is 0. The summed E-state index contributed by atoms with van der Waals surface area (Å²) in [5.74, 6) is -6.27. The Hall–Kier alpha value is -3.01. The summed E-state index contributed by atoms with van der Waals surface area (Å²) in [5.41, 5.74) is -1.18. The van der Waals surface area contributed by atoms with Gasteiger partial charge in [-0.25, -0.2) is 4.39 Å². The lowest BCUT2D eigenvalue weighted by Gasteiger charge is -2.24. The highest BCUT2D eigenvalue weighted by atomic mass is 35.5. The standard InChI is InChI=1S/C22H22ClF3N4O3/c1-21(2,15-5-6-16(30-29-15)22(3,25)26)20(33)27-10-11-8-13(23)18(14(24)9-11)12-4-7-17(31)28-19(12)32/h5-6,8-9,12H,4,7,10H2,1-3H3,(H,27,33)(H,28,31,32). The van der Waals surface area contributed by atoms with E-state index in [1.807, 2.05) is 0 Å². The highest BCUT2D eigenvalue weighted by Crippen LogP contribution is 2.34. The molecule has 1 saturated heterocycles. The van der Waals surface area contributed by atoms with E-state index in [1.54, 1.807) is 13.8 Å². The molecule has 1 aromatic carbocycles. The van der Waals surface area contributed by atoms with Crippen molar-refractivity contribution in [3.8, 4) is 0 Å². The Morgan fingerprint density at radius 3 is 2.36 bits per heavy atom. The van der Waals surface area contributed by atoms with E-state index < -0.39 is 46.5 Å². The molecule has 176 valence electrons. The second kappa shape index (κ2) is 9.09. The summed E-state index contributed by atoms with van der Waals surface area (Å²) in [6.07, 6.45) is 0.230. The summed E-state index contributed by atoms with van der Waals surface area (Å²) in [6.45, 7) is 3.73. The molecule has 0 saturated carbocycles. The van der Waals surface area contributed by atoms with Crippen LogP contribution in [0.5, 0.6) is 0 Å². The molecule has 3 amide bonds. The number of hydrogen-bond acceptors (Lipinski definition) is 5. The summed E-state index contributed by atoms with van der Waals surface area (Å²) < 4.78 is 41.5. The van der Waals surface area contributed by atoms with Gasteiger partial charge in [0.2, 0.25) is 17.7 Å². The minimum atomic E-state index is -3.15. The van der Waals surface area contributed by atoms with Gasteiger partial charge in [-0.05, 0) is 50.1 Å². The van der Waals surface area contributed by atoms with Gasteiger partial charge in [0.15, 0.2) is 0 Å². The Kier molecular flexibility index (Phi) is 6.78. The van der Waals surface area contributed by atoms with Gasteiger partial charge in [-0.3, -0.25) is 19.7 Å². The van der Waals surface area contributed by atoms with Crippen LogP contribution in [-0.2, 0) is 32.3 Å². The molecule has 33 heavy (non-hydrogen) atoms. The maximum atomic E-state index is 14.8. The molecule has 0 bridgehead atoms. The Balaban J connectivity index is 1.72. The normalized spacial score (nSPS) is 17.0. The van der Waals surface area contributed by atoms with Gasteiger partial charge in [-0.15, -0.1) is 5.10 Å². The molecule has 1 unspecified atom stereocenters. The number of carbonyl (C=O) groups excluding carboxylic acids is 3. The van der Waals surface area contributed by atoms with Gasteiger partial charge >= 0.3 is 0 Å². The van der Waals surface area contributed by atoms with Crippen molar-refractivity contribution in [3.63, 3.8) is 0 Å². The molecule has 7 nitrogen and oxygen atoms in total. The molecule has 1 aliphatic heterocycles. The van der Waals surface area contributed by atoms with Crippen LogP contribution in [0.2, 0.25) is 5.02 Å². The highest BCUT2D eigenvalue weighted by molar-refractivity contribution is 6.31. The number of amides is 3. The van der Waals surface area contributed by atoms with Gasteiger partial charge in [0.1, 0.15) is 11.5 Å². The maximum absolute atomic E-state index is 14.8. The van der Waals surface area contributed by atoms with Gasteiger partial charge in [0, 0.05) is 30.5 Å². The van der Waals surface area contributed by atoms with Crippen LogP contribution < -0.4 is 10.6 Å². The highest BCUT2D eigenvalue weighted by Gasteiger charge is 2.34. The van der Waals surface area contributed by atoms with E-state index in [1.165, 1.54) is 12.1 Å². The van der Waals surface area contributed by atoms with Crippen LogP contribution >= 0.6 is 11.6 Å². The first-order valence-electron chi connectivity index (χ1n) is 10.1. The topological polar surface area (TPSA) is 101 Å². The lowest BCUT2D eigenvalue weighted by molar-refractivity contribution is -0.134. The van der Waals surface area contributed by atoms with Gasteiger partial charge in [-0.2, -0.15) is 13.9 Å². The first-order chi connectivity index (χ1) is 15.3. The molecule has 0 spiro atoms. The lowest BCUT2D eigenvalue weighted by atomic mass is 9.87. The summed E-state index contributed by atoms with van der Waals surface area (Å²) >= 11 is 6.23. The number of hydrogen-bond donors (Lipinski definition) is 2. The molecule has 0 aliphatic carbocycles. The Morgan fingerprint density at radius 1 is 1.18 bits per heavy atom. The van der Waals surface area contributed by atoms with Crippen molar-refractivity contribution < 1.29 is 27.6 Å². The quantitative estimate of drug-likeness (QED) is 0.614. The Bertz CT molecular complexity index is 1080. The van der Waals surface area contributed by atoms with E-state index in [0.29, 0.717) is 12.5 Å². The molecule has 1 fully saturated rings. The molecular formula is C22H22ClF3N4O3. The number of alkyl halides is 2. The van der Waals surface area contributed by atoms with E-state index >= 15 is 0 Å². The summed E-state index contributed by atoms with van der Waals surface area (Å²) in [5, 5.41) is 12.1. The molecule has 2 N–H and O–H groups in total. The molecule has 3 rings (SSSR count). The van der Waals surface area contributed by atoms with Crippen molar-refractivity contribution in [1.82, 2.24) is 20.8 Å². The van der Waals surface area contributed by atoms with Crippen LogP contribution in [-0.4, -0.2) is 27.9 Å².